The summed E-state index contributed by atoms with van der Waals surface area (Å²) >= 11 is 2.85. The first kappa shape index (κ1) is 14.0. The van der Waals surface area contributed by atoms with Crippen LogP contribution < -0.4 is 5.73 Å². The number of nitrogens with two attached hydrogens (primary N) is 1. The maximum atomic E-state index is 10.9. The zero-order valence-corrected chi connectivity index (χ0v) is 12.9. The van der Waals surface area contributed by atoms with Crippen molar-refractivity contribution >= 4 is 39.2 Å². The van der Waals surface area contributed by atoms with Crippen molar-refractivity contribution in [2.24, 2.45) is 5.73 Å². The molecule has 21 heavy (non-hydrogen) atoms. The zero-order chi connectivity index (χ0) is 14.8. The van der Waals surface area contributed by atoms with Gasteiger partial charge in [0.2, 0.25) is 5.91 Å². The van der Waals surface area contributed by atoms with E-state index in [0.29, 0.717) is 5.03 Å². The third-order valence-corrected chi connectivity index (χ3v) is 4.75. The van der Waals surface area contributed by atoms with Crippen molar-refractivity contribution in [1.82, 2.24) is 15.2 Å². The molecular formula is C14H12N4OS2. The average molecular weight is 316 g/mol. The van der Waals surface area contributed by atoms with Gasteiger partial charge in [0.05, 0.1) is 15.5 Å². The molecule has 3 aromatic rings. The highest BCUT2D eigenvalue weighted by atomic mass is 32.2. The second kappa shape index (κ2) is 5.79. The molecule has 0 radical (unpaired) electrons. The smallest absolute Gasteiger partial charge is 0.227 e. The summed E-state index contributed by atoms with van der Waals surface area (Å²) in [7, 11) is 0. The number of fused-ring (bicyclic) bond motifs is 1. The molecule has 7 heteroatoms. The quantitative estimate of drug-likeness (QED) is 0.748. The maximum Gasteiger partial charge on any atom is 0.227 e. The van der Waals surface area contributed by atoms with Crippen LogP contribution in [0.5, 0.6) is 0 Å². The number of hydrogen-bond donors (Lipinski definition) is 1. The Balaban J connectivity index is 2.12. The molecule has 0 spiro atoms. The van der Waals surface area contributed by atoms with Gasteiger partial charge in [0.25, 0.3) is 0 Å². The Morgan fingerprint density at radius 2 is 2.05 bits per heavy atom. The highest BCUT2D eigenvalue weighted by molar-refractivity contribution is 8.00. The Hall–Kier alpha value is -1.99. The summed E-state index contributed by atoms with van der Waals surface area (Å²) in [5.74, 6) is -0.209. The van der Waals surface area contributed by atoms with E-state index >= 15 is 0 Å². The molecule has 0 atom stereocenters. The highest BCUT2D eigenvalue weighted by Gasteiger charge is 2.16. The Bertz CT molecular complexity index is 801. The van der Waals surface area contributed by atoms with Crippen LogP contribution in [0.3, 0.4) is 0 Å². The first-order valence-electron chi connectivity index (χ1n) is 6.25. The summed E-state index contributed by atoms with van der Waals surface area (Å²) < 4.78 is 0.987. The van der Waals surface area contributed by atoms with Gasteiger partial charge in [0.15, 0.2) is 0 Å². The summed E-state index contributed by atoms with van der Waals surface area (Å²) in [5, 5.41) is 10.1. The summed E-state index contributed by atoms with van der Waals surface area (Å²) in [6, 6.07) is 9.88. The first-order valence-corrected chi connectivity index (χ1v) is 8.05. The van der Waals surface area contributed by atoms with Gasteiger partial charge in [-0.15, -0.1) is 21.5 Å². The van der Waals surface area contributed by atoms with Gasteiger partial charge in [-0.25, -0.2) is 4.98 Å². The van der Waals surface area contributed by atoms with E-state index in [4.69, 9.17) is 5.73 Å². The molecule has 0 aliphatic rings. The number of thiazole rings is 1. The van der Waals surface area contributed by atoms with Gasteiger partial charge in [-0.3, -0.25) is 4.79 Å². The minimum atomic E-state index is -0.381. The second-order valence-electron chi connectivity index (χ2n) is 4.39. The minimum absolute atomic E-state index is 0.172. The lowest BCUT2D eigenvalue weighted by Crippen LogP contribution is -2.13. The van der Waals surface area contributed by atoms with Crippen LogP contribution in [-0.2, 0) is 4.79 Å². The largest absolute Gasteiger partial charge is 0.369 e. The van der Waals surface area contributed by atoms with Crippen LogP contribution in [0.1, 0.15) is 5.01 Å². The van der Waals surface area contributed by atoms with Crippen LogP contribution in [0.15, 0.2) is 35.4 Å². The van der Waals surface area contributed by atoms with Crippen molar-refractivity contribution < 1.29 is 4.79 Å². The van der Waals surface area contributed by atoms with Gasteiger partial charge in [-0.2, -0.15) is 0 Å². The van der Waals surface area contributed by atoms with Crippen molar-refractivity contribution in [3.05, 3.63) is 35.3 Å². The third-order valence-electron chi connectivity index (χ3n) is 2.79. The molecule has 0 aliphatic heterocycles. The highest BCUT2D eigenvalue weighted by Crippen LogP contribution is 2.34. The average Bonchev–Trinajstić information content (AvgIpc) is 2.87. The van der Waals surface area contributed by atoms with E-state index in [9.17, 15) is 4.79 Å². The minimum Gasteiger partial charge on any atom is -0.369 e. The molecule has 0 aliphatic carbocycles. The Morgan fingerprint density at radius 3 is 2.76 bits per heavy atom. The molecular weight excluding hydrogens is 304 g/mol. The van der Waals surface area contributed by atoms with Crippen molar-refractivity contribution in [3.8, 4) is 11.3 Å². The molecule has 0 saturated heterocycles. The van der Waals surface area contributed by atoms with E-state index in [1.807, 2.05) is 37.3 Å². The van der Waals surface area contributed by atoms with E-state index in [0.717, 1.165) is 26.5 Å². The lowest BCUT2D eigenvalue weighted by Gasteiger charge is -2.03. The number of carbonyl (C=O) groups is 1. The Labute approximate surface area is 129 Å². The van der Waals surface area contributed by atoms with Gasteiger partial charge in [0, 0.05) is 5.56 Å². The standard InChI is InChI=1S/C14H12N4OS2/c1-8-16-12-13(21-8)11(9-5-3-2-4-6-9)17-18-14(12)20-7-10(15)19/h2-6H,7H2,1H3,(H2,15,19). The predicted octanol–water partition coefficient (Wildman–Crippen LogP) is 2.64. The molecule has 106 valence electrons. The van der Waals surface area contributed by atoms with Crippen LogP contribution in [0, 0.1) is 6.92 Å². The zero-order valence-electron chi connectivity index (χ0n) is 11.2. The molecule has 1 amide bonds. The Kier molecular flexibility index (Phi) is 3.85. The molecule has 2 aromatic heterocycles. The SMILES string of the molecule is Cc1nc2c(SCC(N)=O)nnc(-c3ccccc3)c2s1. The molecule has 2 heterocycles. The summed E-state index contributed by atoms with van der Waals surface area (Å²) in [6.45, 7) is 1.95. The van der Waals surface area contributed by atoms with E-state index in [2.05, 4.69) is 15.2 Å². The van der Waals surface area contributed by atoms with E-state index in [1.54, 1.807) is 11.3 Å². The predicted molar refractivity (Wildman–Crippen MR) is 85.3 cm³/mol. The van der Waals surface area contributed by atoms with Gasteiger partial charge in [-0.1, -0.05) is 42.1 Å². The molecule has 0 bridgehead atoms. The van der Waals surface area contributed by atoms with Crippen LogP contribution in [-0.4, -0.2) is 26.8 Å². The van der Waals surface area contributed by atoms with Gasteiger partial charge < -0.3 is 5.73 Å². The molecule has 0 saturated carbocycles. The molecule has 2 N–H and O–H groups in total. The van der Waals surface area contributed by atoms with Crippen molar-refractivity contribution in [2.75, 3.05) is 5.75 Å². The van der Waals surface area contributed by atoms with Gasteiger partial charge >= 0.3 is 0 Å². The number of amides is 1. The fourth-order valence-electron chi connectivity index (χ4n) is 1.94. The number of benzene rings is 1. The first-order chi connectivity index (χ1) is 10.1. The fourth-order valence-corrected chi connectivity index (χ4v) is 3.60. The molecule has 0 fully saturated rings. The lowest BCUT2D eigenvalue weighted by atomic mass is 10.1. The van der Waals surface area contributed by atoms with Crippen molar-refractivity contribution in [2.45, 2.75) is 11.9 Å². The monoisotopic (exact) mass is 316 g/mol. The topological polar surface area (TPSA) is 81.8 Å². The third kappa shape index (κ3) is 2.88. The number of carbonyl (C=O) groups excluding carboxylic acids is 1. The van der Waals surface area contributed by atoms with E-state index in [-0.39, 0.29) is 11.7 Å². The van der Waals surface area contributed by atoms with Crippen molar-refractivity contribution in [1.29, 1.82) is 0 Å². The normalized spacial score (nSPS) is 10.9. The van der Waals surface area contributed by atoms with Crippen LogP contribution >= 0.6 is 23.1 Å². The fraction of sp³-hybridized carbons (Fsp3) is 0.143. The number of nitrogens with zero attached hydrogens (tertiary/aromatic N) is 3. The summed E-state index contributed by atoms with van der Waals surface area (Å²) in [5.41, 5.74) is 7.80. The summed E-state index contributed by atoms with van der Waals surface area (Å²) in [6.07, 6.45) is 0. The number of thioether (sulfide) groups is 1. The number of aromatic nitrogens is 3. The van der Waals surface area contributed by atoms with Crippen LogP contribution in [0.4, 0.5) is 0 Å². The number of aryl methyl sites for hydroxylation is 1. The van der Waals surface area contributed by atoms with Gasteiger partial charge in [0.1, 0.15) is 16.2 Å². The molecule has 0 unspecified atom stereocenters. The number of hydrogen-bond acceptors (Lipinski definition) is 6. The Morgan fingerprint density at radius 1 is 1.29 bits per heavy atom. The number of primary amides is 1. The van der Waals surface area contributed by atoms with Crippen LogP contribution in [0.2, 0.25) is 0 Å². The van der Waals surface area contributed by atoms with Crippen LogP contribution in [0.25, 0.3) is 21.5 Å². The van der Waals surface area contributed by atoms with Gasteiger partial charge in [-0.05, 0) is 6.92 Å². The molecule has 5 nitrogen and oxygen atoms in total. The van der Waals surface area contributed by atoms with E-state index < -0.39 is 0 Å². The lowest BCUT2D eigenvalue weighted by molar-refractivity contribution is -0.115. The molecule has 3 rings (SSSR count). The number of rotatable bonds is 4. The van der Waals surface area contributed by atoms with Crippen molar-refractivity contribution in [3.63, 3.8) is 0 Å². The maximum absolute atomic E-state index is 10.9. The molecule has 1 aromatic carbocycles. The summed E-state index contributed by atoms with van der Waals surface area (Å²) in [4.78, 5) is 15.5. The second-order valence-corrected chi connectivity index (χ2v) is 6.55. The van der Waals surface area contributed by atoms with E-state index in [1.165, 1.54) is 11.8 Å².